The molecular formula is C14H15NO2S. The molecule has 0 bridgehead atoms. The quantitative estimate of drug-likeness (QED) is 0.866. The van der Waals surface area contributed by atoms with E-state index in [1.807, 2.05) is 47.8 Å². The lowest BCUT2D eigenvalue weighted by Gasteiger charge is -2.17. The summed E-state index contributed by atoms with van der Waals surface area (Å²) in [4.78, 5) is 12.4. The van der Waals surface area contributed by atoms with Crippen LogP contribution >= 0.6 is 11.3 Å². The molecule has 2 N–H and O–H groups in total. The molecule has 1 atom stereocenters. The Morgan fingerprint density at radius 3 is 2.61 bits per heavy atom. The third-order valence-electron chi connectivity index (χ3n) is 2.65. The summed E-state index contributed by atoms with van der Waals surface area (Å²) in [5, 5.41) is 13.7. The van der Waals surface area contributed by atoms with E-state index in [0.29, 0.717) is 0 Å². The molecule has 0 aliphatic carbocycles. The normalized spacial score (nSPS) is 12.1. The lowest BCUT2D eigenvalue weighted by Crippen LogP contribution is -2.31. The molecule has 0 radical (unpaired) electrons. The van der Waals surface area contributed by atoms with Crippen LogP contribution in [0, 0.1) is 0 Å². The Morgan fingerprint density at radius 1 is 1.22 bits per heavy atom. The number of rotatable bonds is 5. The summed E-state index contributed by atoms with van der Waals surface area (Å²) in [5.41, 5.74) is 1.16. The minimum absolute atomic E-state index is 0.0768. The zero-order valence-electron chi connectivity index (χ0n) is 9.87. The number of hydrogen-bond acceptors (Lipinski definition) is 3. The van der Waals surface area contributed by atoms with E-state index in [9.17, 15) is 4.79 Å². The molecule has 1 unspecified atom stereocenters. The number of carbonyl (C=O) groups excluding carboxylic acids is 1. The second kappa shape index (κ2) is 6.33. The molecule has 0 spiro atoms. The first-order chi connectivity index (χ1) is 8.79. The summed E-state index contributed by atoms with van der Waals surface area (Å²) in [6, 6.07) is 13.9. The standard InChI is InChI=1S/C14H15NO2S/c16-10-14(17)15-12(13-7-4-8-18-13)9-11-5-2-1-3-6-11/h1-8,12,16H,9-10H2,(H,15,17). The van der Waals surface area contributed by atoms with Gasteiger partial charge < -0.3 is 10.4 Å². The minimum Gasteiger partial charge on any atom is -0.387 e. The predicted octanol–water partition coefficient (Wildman–Crippen LogP) is 2.14. The van der Waals surface area contributed by atoms with Gasteiger partial charge in [-0.25, -0.2) is 0 Å². The molecule has 2 rings (SSSR count). The van der Waals surface area contributed by atoms with Crippen molar-refractivity contribution in [3.63, 3.8) is 0 Å². The Balaban J connectivity index is 2.12. The van der Waals surface area contributed by atoms with Gasteiger partial charge in [-0.2, -0.15) is 0 Å². The van der Waals surface area contributed by atoms with Gasteiger partial charge in [-0.3, -0.25) is 4.79 Å². The maximum atomic E-state index is 11.4. The van der Waals surface area contributed by atoms with Gasteiger partial charge in [0.25, 0.3) is 0 Å². The van der Waals surface area contributed by atoms with Crippen LogP contribution < -0.4 is 5.32 Å². The fraction of sp³-hybridized carbons (Fsp3) is 0.214. The maximum Gasteiger partial charge on any atom is 0.246 e. The van der Waals surface area contributed by atoms with Crippen LogP contribution in [0.3, 0.4) is 0 Å². The summed E-state index contributed by atoms with van der Waals surface area (Å²) in [7, 11) is 0. The average Bonchev–Trinajstić information content (AvgIpc) is 2.93. The lowest BCUT2D eigenvalue weighted by atomic mass is 10.0. The van der Waals surface area contributed by atoms with E-state index in [-0.39, 0.29) is 11.9 Å². The van der Waals surface area contributed by atoms with Gasteiger partial charge in [-0.1, -0.05) is 36.4 Å². The second-order valence-corrected chi connectivity index (χ2v) is 4.96. The highest BCUT2D eigenvalue weighted by Gasteiger charge is 2.15. The second-order valence-electron chi connectivity index (χ2n) is 3.98. The average molecular weight is 261 g/mol. The van der Waals surface area contributed by atoms with E-state index in [1.165, 1.54) is 0 Å². The molecule has 3 nitrogen and oxygen atoms in total. The fourth-order valence-electron chi connectivity index (χ4n) is 1.80. The molecule has 18 heavy (non-hydrogen) atoms. The molecule has 4 heteroatoms. The highest BCUT2D eigenvalue weighted by atomic mass is 32.1. The van der Waals surface area contributed by atoms with Crippen LogP contribution in [-0.4, -0.2) is 17.6 Å². The van der Waals surface area contributed by atoms with Crippen LogP contribution in [0.4, 0.5) is 0 Å². The number of nitrogens with one attached hydrogen (secondary N) is 1. The van der Waals surface area contributed by atoms with Gasteiger partial charge in [0.15, 0.2) is 0 Å². The molecule has 2 aromatic rings. The molecule has 0 saturated carbocycles. The third kappa shape index (κ3) is 3.42. The van der Waals surface area contributed by atoms with Crippen molar-refractivity contribution in [2.45, 2.75) is 12.5 Å². The Hall–Kier alpha value is -1.65. The van der Waals surface area contributed by atoms with Crippen LogP contribution in [0.1, 0.15) is 16.5 Å². The van der Waals surface area contributed by atoms with Gasteiger partial charge in [0, 0.05) is 4.88 Å². The Labute approximate surface area is 110 Å². The van der Waals surface area contributed by atoms with Gasteiger partial charge in [0.2, 0.25) is 5.91 Å². The molecule has 0 aliphatic heterocycles. The largest absolute Gasteiger partial charge is 0.387 e. The van der Waals surface area contributed by atoms with Gasteiger partial charge in [-0.05, 0) is 23.4 Å². The highest BCUT2D eigenvalue weighted by molar-refractivity contribution is 7.10. The Kier molecular flexibility index (Phi) is 4.50. The van der Waals surface area contributed by atoms with Crippen molar-refractivity contribution in [2.24, 2.45) is 0 Å². The molecule has 1 heterocycles. The van der Waals surface area contributed by atoms with E-state index in [2.05, 4.69) is 5.32 Å². The monoisotopic (exact) mass is 261 g/mol. The molecule has 0 aliphatic rings. The predicted molar refractivity (Wildman–Crippen MR) is 72.4 cm³/mol. The summed E-state index contributed by atoms with van der Waals surface area (Å²) >= 11 is 1.61. The Bertz CT molecular complexity index is 482. The van der Waals surface area contributed by atoms with E-state index in [1.54, 1.807) is 11.3 Å². The number of aliphatic hydroxyl groups excluding tert-OH is 1. The van der Waals surface area contributed by atoms with Crippen molar-refractivity contribution in [3.05, 3.63) is 58.3 Å². The van der Waals surface area contributed by atoms with Crippen LogP contribution in [0.25, 0.3) is 0 Å². The summed E-state index contributed by atoms with van der Waals surface area (Å²) in [6.45, 7) is -0.476. The SMILES string of the molecule is O=C(CO)NC(Cc1ccccc1)c1cccs1. The lowest BCUT2D eigenvalue weighted by molar-refractivity contribution is -0.124. The van der Waals surface area contributed by atoms with Gasteiger partial charge >= 0.3 is 0 Å². The van der Waals surface area contributed by atoms with Crippen molar-refractivity contribution >= 4 is 17.2 Å². The number of benzene rings is 1. The third-order valence-corrected chi connectivity index (χ3v) is 3.63. The molecule has 0 saturated heterocycles. The van der Waals surface area contributed by atoms with E-state index in [0.717, 1.165) is 16.9 Å². The highest BCUT2D eigenvalue weighted by Crippen LogP contribution is 2.22. The zero-order chi connectivity index (χ0) is 12.8. The van der Waals surface area contributed by atoms with Gasteiger partial charge in [0.1, 0.15) is 6.61 Å². The summed E-state index contributed by atoms with van der Waals surface area (Å²) in [6.07, 6.45) is 0.729. The first-order valence-electron chi connectivity index (χ1n) is 5.77. The number of carbonyl (C=O) groups is 1. The van der Waals surface area contributed by atoms with Crippen molar-refractivity contribution < 1.29 is 9.90 Å². The molecular weight excluding hydrogens is 246 g/mol. The number of aliphatic hydroxyl groups is 1. The molecule has 94 valence electrons. The van der Waals surface area contributed by atoms with Crippen LogP contribution in [0.2, 0.25) is 0 Å². The number of hydrogen-bond donors (Lipinski definition) is 2. The summed E-state index contributed by atoms with van der Waals surface area (Å²) < 4.78 is 0. The fourth-order valence-corrected chi connectivity index (χ4v) is 2.58. The van der Waals surface area contributed by atoms with Crippen molar-refractivity contribution in [1.82, 2.24) is 5.32 Å². The molecule has 0 fully saturated rings. The van der Waals surface area contributed by atoms with E-state index >= 15 is 0 Å². The van der Waals surface area contributed by atoms with Crippen LogP contribution in [0.5, 0.6) is 0 Å². The van der Waals surface area contributed by atoms with Crippen molar-refractivity contribution in [2.75, 3.05) is 6.61 Å². The Morgan fingerprint density at radius 2 is 2.00 bits per heavy atom. The van der Waals surface area contributed by atoms with Crippen LogP contribution in [-0.2, 0) is 11.2 Å². The topological polar surface area (TPSA) is 49.3 Å². The maximum absolute atomic E-state index is 11.4. The minimum atomic E-state index is -0.476. The smallest absolute Gasteiger partial charge is 0.246 e. The van der Waals surface area contributed by atoms with Gasteiger partial charge in [0.05, 0.1) is 6.04 Å². The van der Waals surface area contributed by atoms with E-state index in [4.69, 9.17) is 5.11 Å². The number of thiophene rings is 1. The molecule has 1 aromatic heterocycles. The molecule has 1 amide bonds. The van der Waals surface area contributed by atoms with Crippen molar-refractivity contribution in [3.8, 4) is 0 Å². The first kappa shape index (κ1) is 12.8. The first-order valence-corrected chi connectivity index (χ1v) is 6.65. The molecule has 1 aromatic carbocycles. The zero-order valence-corrected chi connectivity index (χ0v) is 10.7. The van der Waals surface area contributed by atoms with Crippen LogP contribution in [0.15, 0.2) is 47.8 Å². The van der Waals surface area contributed by atoms with E-state index < -0.39 is 6.61 Å². The van der Waals surface area contributed by atoms with Crippen molar-refractivity contribution in [1.29, 1.82) is 0 Å². The number of amides is 1. The summed E-state index contributed by atoms with van der Waals surface area (Å²) in [5.74, 6) is -0.343. The van der Waals surface area contributed by atoms with Gasteiger partial charge in [-0.15, -0.1) is 11.3 Å².